The van der Waals surface area contributed by atoms with Gasteiger partial charge in [-0.2, -0.15) is 0 Å². The zero-order valence-electron chi connectivity index (χ0n) is 29.8. The van der Waals surface area contributed by atoms with Crippen molar-refractivity contribution in [2.24, 2.45) is 17.3 Å². The normalized spacial score (nSPS) is 30.7. The highest BCUT2D eigenvalue weighted by atomic mass is 16.6. The number of rotatable bonds is 7. The molecule has 8 atom stereocenters. The molecule has 0 amide bonds. The lowest BCUT2D eigenvalue weighted by Crippen LogP contribution is -2.57. The van der Waals surface area contributed by atoms with Crippen molar-refractivity contribution in [1.82, 2.24) is 4.98 Å². The molecule has 0 N–H and O–H groups in total. The van der Waals surface area contributed by atoms with Crippen LogP contribution in [-0.2, 0) is 57.2 Å². The van der Waals surface area contributed by atoms with Crippen LogP contribution in [0, 0.1) is 17.3 Å². The average Bonchev–Trinajstić information content (AvgIpc) is 3.22. The van der Waals surface area contributed by atoms with Crippen LogP contribution in [0.1, 0.15) is 85.5 Å². The highest BCUT2D eigenvalue weighted by molar-refractivity contribution is 5.94. The first-order valence-electron chi connectivity index (χ1n) is 16.1. The standard InChI is InChI=1S/C36H45NO13/c1-19-13-14-34(8,9)28(48-33(44)26-12-11-15-37-17-26)16-27(45-21(3)38)20(2)30(46-22(4)39)29-32(47-23(5)40)35(10,49-24(6)41)18-36(29,31(19)43)50-25(7)42/h11-15,17,19,27-30,32H,2,16,18H2,1,3-10H3/t19-,27-,28-,29+,30+,32-,35-,36-/m1/s1. The van der Waals surface area contributed by atoms with Gasteiger partial charge in [0.2, 0.25) is 0 Å². The molecule has 0 aromatic carbocycles. The zero-order valence-corrected chi connectivity index (χ0v) is 29.8. The van der Waals surface area contributed by atoms with Crippen molar-refractivity contribution in [1.29, 1.82) is 0 Å². The summed E-state index contributed by atoms with van der Waals surface area (Å²) >= 11 is 0. The first-order valence-corrected chi connectivity index (χ1v) is 16.1. The first kappa shape index (κ1) is 39.6. The summed E-state index contributed by atoms with van der Waals surface area (Å²) in [5.41, 5.74) is -5.08. The Morgan fingerprint density at radius 3 is 1.96 bits per heavy atom. The van der Waals surface area contributed by atoms with Gasteiger partial charge in [-0.25, -0.2) is 4.79 Å². The smallest absolute Gasteiger partial charge is 0.340 e. The minimum Gasteiger partial charge on any atom is -0.458 e. The lowest BCUT2D eigenvalue weighted by Gasteiger charge is -2.42. The quantitative estimate of drug-likeness (QED) is 0.227. The molecule has 14 nitrogen and oxygen atoms in total. The molecule has 1 heterocycles. The van der Waals surface area contributed by atoms with Crippen LogP contribution in [0.2, 0.25) is 0 Å². The maximum Gasteiger partial charge on any atom is 0.340 e. The second-order valence-corrected chi connectivity index (χ2v) is 13.5. The van der Waals surface area contributed by atoms with Crippen LogP contribution in [0.3, 0.4) is 0 Å². The van der Waals surface area contributed by atoms with Gasteiger partial charge in [-0.3, -0.25) is 33.8 Å². The SMILES string of the molecule is C=C1[C@H](OC(C)=O)C[C@@H](OC(=O)c2cccnc2)C(C)(C)C=C[C@@H](C)C(=O)[C@@]2(OC(C)=O)C[C@@](C)(OC(C)=O)[C@H](OC(C)=O)[C@@H]2[C@H]1OC(C)=O. The van der Waals surface area contributed by atoms with Gasteiger partial charge in [-0.15, -0.1) is 0 Å². The zero-order chi connectivity index (χ0) is 37.8. The number of pyridine rings is 1. The van der Waals surface area contributed by atoms with Crippen LogP contribution in [0.5, 0.6) is 0 Å². The Labute approximate surface area is 290 Å². The van der Waals surface area contributed by atoms with Gasteiger partial charge in [0.1, 0.15) is 18.3 Å². The Kier molecular flexibility index (Phi) is 12.1. The molecule has 0 radical (unpaired) electrons. The molecule has 2 aliphatic rings. The number of esters is 6. The minimum absolute atomic E-state index is 0.121. The fourth-order valence-electron chi connectivity index (χ4n) is 6.80. The fourth-order valence-corrected chi connectivity index (χ4v) is 6.80. The van der Waals surface area contributed by atoms with Crippen molar-refractivity contribution < 1.29 is 62.0 Å². The van der Waals surface area contributed by atoms with E-state index < -0.39 is 101 Å². The van der Waals surface area contributed by atoms with Crippen LogP contribution in [0.4, 0.5) is 0 Å². The van der Waals surface area contributed by atoms with Gasteiger partial charge in [0.05, 0.1) is 11.5 Å². The summed E-state index contributed by atoms with van der Waals surface area (Å²) in [6.07, 6.45) is -0.387. The number of ether oxygens (including phenoxy) is 6. The maximum atomic E-state index is 14.8. The van der Waals surface area contributed by atoms with Gasteiger partial charge in [0.25, 0.3) is 0 Å². The molecule has 14 heteroatoms. The van der Waals surface area contributed by atoms with E-state index in [0.717, 1.165) is 34.6 Å². The Balaban J connectivity index is 2.41. The van der Waals surface area contributed by atoms with Crippen molar-refractivity contribution >= 4 is 41.6 Å². The number of carbonyl (C=O) groups is 7. The highest BCUT2D eigenvalue weighted by Gasteiger charge is 2.71. The number of aromatic nitrogens is 1. The molecule has 50 heavy (non-hydrogen) atoms. The molecule has 2 aliphatic carbocycles. The highest BCUT2D eigenvalue weighted by Crippen LogP contribution is 2.54. The number of allylic oxidation sites excluding steroid dienone is 1. The predicted octanol–water partition coefficient (Wildman–Crippen LogP) is 3.79. The van der Waals surface area contributed by atoms with Crippen LogP contribution >= 0.6 is 0 Å². The third kappa shape index (κ3) is 8.82. The molecular formula is C36H45NO13. The summed E-state index contributed by atoms with van der Waals surface area (Å²) in [5, 5.41) is 0. The summed E-state index contributed by atoms with van der Waals surface area (Å²) in [6.45, 7) is 16.0. The van der Waals surface area contributed by atoms with Gasteiger partial charge in [-0.05, 0) is 19.1 Å². The third-order valence-corrected chi connectivity index (χ3v) is 8.83. The van der Waals surface area contributed by atoms with Gasteiger partial charge < -0.3 is 28.4 Å². The van der Waals surface area contributed by atoms with E-state index in [1.165, 1.54) is 31.5 Å². The third-order valence-electron chi connectivity index (χ3n) is 8.83. The molecule has 1 aromatic heterocycles. The van der Waals surface area contributed by atoms with E-state index in [1.54, 1.807) is 32.9 Å². The second kappa shape index (κ2) is 15.3. The van der Waals surface area contributed by atoms with Crippen molar-refractivity contribution in [3.05, 3.63) is 54.4 Å². The number of hydrogen-bond acceptors (Lipinski definition) is 14. The lowest BCUT2D eigenvalue weighted by atomic mass is 9.72. The number of Topliss-reactive ketones (excluding diaryl/α,β-unsaturated/α-hetero) is 1. The molecule has 3 rings (SSSR count). The van der Waals surface area contributed by atoms with E-state index >= 15 is 0 Å². The van der Waals surface area contributed by atoms with Crippen LogP contribution in [0.15, 0.2) is 48.8 Å². The number of hydrogen-bond donors (Lipinski definition) is 0. The molecule has 0 unspecified atom stereocenters. The molecule has 1 fully saturated rings. The molecule has 0 spiro atoms. The van der Waals surface area contributed by atoms with Gasteiger partial charge in [-0.1, -0.05) is 39.5 Å². The van der Waals surface area contributed by atoms with Gasteiger partial charge in [0, 0.05) is 76.8 Å². The van der Waals surface area contributed by atoms with Crippen molar-refractivity contribution in [2.45, 2.75) is 111 Å². The first-order chi connectivity index (χ1) is 23.1. The average molecular weight is 700 g/mol. The Hall–Kier alpha value is -4.88. The van der Waals surface area contributed by atoms with Gasteiger partial charge >= 0.3 is 35.8 Å². The van der Waals surface area contributed by atoms with E-state index in [0.29, 0.717) is 0 Å². The largest absolute Gasteiger partial charge is 0.458 e. The number of nitrogens with zero attached hydrogens (tertiary/aromatic N) is 1. The number of ketones is 1. The maximum absolute atomic E-state index is 14.8. The van der Waals surface area contributed by atoms with E-state index in [4.69, 9.17) is 28.4 Å². The minimum atomic E-state index is -2.25. The van der Waals surface area contributed by atoms with E-state index in [1.807, 2.05) is 0 Å². The fraction of sp³-hybridized carbons (Fsp3) is 0.556. The van der Waals surface area contributed by atoms with Crippen LogP contribution < -0.4 is 0 Å². The molecule has 272 valence electrons. The summed E-state index contributed by atoms with van der Waals surface area (Å²) in [5.74, 6) is -8.29. The number of fused-ring (bicyclic) bond motifs is 1. The second-order valence-electron chi connectivity index (χ2n) is 13.5. The lowest BCUT2D eigenvalue weighted by molar-refractivity contribution is -0.190. The van der Waals surface area contributed by atoms with Crippen LogP contribution in [-0.4, -0.2) is 82.2 Å². The Morgan fingerprint density at radius 2 is 1.44 bits per heavy atom. The van der Waals surface area contributed by atoms with Crippen LogP contribution in [0.25, 0.3) is 0 Å². The summed E-state index contributed by atoms with van der Waals surface area (Å²) in [4.78, 5) is 95.5. The summed E-state index contributed by atoms with van der Waals surface area (Å²) < 4.78 is 34.9. The molecule has 0 aliphatic heterocycles. The Bertz CT molecular complexity index is 1570. The van der Waals surface area contributed by atoms with E-state index in [-0.39, 0.29) is 17.6 Å². The molecule has 1 saturated carbocycles. The topological polar surface area (TPSA) is 188 Å². The van der Waals surface area contributed by atoms with E-state index in [2.05, 4.69) is 11.6 Å². The molecule has 0 saturated heterocycles. The Morgan fingerprint density at radius 1 is 0.840 bits per heavy atom. The monoisotopic (exact) mass is 699 g/mol. The number of carbonyl (C=O) groups excluding carboxylic acids is 7. The summed E-state index contributed by atoms with van der Waals surface area (Å²) in [7, 11) is 0. The van der Waals surface area contributed by atoms with Crippen molar-refractivity contribution in [2.75, 3.05) is 0 Å². The molecule has 0 bridgehead atoms. The summed E-state index contributed by atoms with van der Waals surface area (Å²) in [6, 6.07) is 3.07. The van der Waals surface area contributed by atoms with Crippen molar-refractivity contribution in [3.63, 3.8) is 0 Å². The van der Waals surface area contributed by atoms with Gasteiger partial charge in [0.15, 0.2) is 23.1 Å². The van der Waals surface area contributed by atoms with Crippen molar-refractivity contribution in [3.8, 4) is 0 Å². The van der Waals surface area contributed by atoms with E-state index in [9.17, 15) is 33.6 Å². The molecule has 1 aromatic rings. The predicted molar refractivity (Wildman–Crippen MR) is 174 cm³/mol. The molecular weight excluding hydrogens is 654 g/mol.